The number of hydrogen-bond donors (Lipinski definition) is 1. The molecule has 0 aliphatic heterocycles. The number of aliphatic carboxylic acids is 1. The van der Waals surface area contributed by atoms with Crippen LogP contribution in [0.15, 0.2) is 0 Å². The van der Waals surface area contributed by atoms with Gasteiger partial charge in [-0.05, 0) is 0 Å². The van der Waals surface area contributed by atoms with E-state index in [1.54, 1.807) is 0 Å². The molecule has 1 N–H and O–H groups in total. The third-order valence-electron chi connectivity index (χ3n) is 0. The van der Waals surface area contributed by atoms with E-state index in [4.69, 9.17) is 9.90 Å². The molecule has 0 aromatic rings. The molecule has 0 aliphatic carbocycles. The summed E-state index contributed by atoms with van der Waals surface area (Å²) in [4.78, 5) is 8.89. The third kappa shape index (κ3) is 1.16. The molecule has 0 aliphatic rings. The predicted molar refractivity (Wildman–Crippen MR) is 14.1 cm³/mol. The van der Waals surface area contributed by atoms with Gasteiger partial charge in [0.2, 0.25) is 0 Å². The fourth-order valence-corrected chi connectivity index (χ4v) is 0. The largest absolute Gasteiger partial charge is 1.00 e. The maximum atomic E-state index is 8.89. The summed E-state index contributed by atoms with van der Waals surface area (Å²) in [6.07, 6.45) is 0. The first-order chi connectivity index (χ1) is 1.73. The van der Waals surface area contributed by atoms with Crippen molar-refractivity contribution in [2.24, 2.45) is 0 Å². The van der Waals surface area contributed by atoms with Gasteiger partial charge in [-0.1, -0.05) is 0 Å². The Morgan fingerprint density at radius 3 is 2.25 bits per heavy atom. The lowest BCUT2D eigenvalue weighted by molar-refractivity contribution is -0.131. The number of carboxylic acids is 1. The summed E-state index contributed by atoms with van der Waals surface area (Å²) < 4.78 is 0. The molecule has 0 bridgehead atoms. The highest BCUT2D eigenvalue weighted by molar-refractivity contribution is 5.71. The first-order valence-corrected chi connectivity index (χ1v) is 0.781. The lowest BCUT2D eigenvalue weighted by Gasteiger charge is -1.58. The molecule has 0 atom stereocenters. The van der Waals surface area contributed by atoms with E-state index < -0.39 is 5.97 Å². The first-order valence-electron chi connectivity index (χ1n) is 0.781. The summed E-state index contributed by atoms with van der Waals surface area (Å²) in [5.74, 6) is -1.08. The fraction of sp³-hybridized carbons (Fsp3) is 0. The topological polar surface area (TPSA) is 37.3 Å². The minimum Gasteiger partial charge on any atom is -0.481 e. The summed E-state index contributed by atoms with van der Waals surface area (Å²) in [6, 6.07) is 0. The summed E-state index contributed by atoms with van der Waals surface area (Å²) in [6.45, 7) is 2.56. The Kier molecular flexibility index (Phi) is 0.759. The molecule has 0 unspecified atom stereocenters. The normalized spacial score (nSPS) is 6.25. The van der Waals surface area contributed by atoms with Crippen molar-refractivity contribution in [1.82, 2.24) is 0 Å². The van der Waals surface area contributed by atoms with Crippen molar-refractivity contribution in [2.75, 3.05) is 0 Å². The molecule has 0 saturated carbocycles. The smallest absolute Gasteiger partial charge is 0.481 e. The number of rotatable bonds is 0. The Labute approximate surface area is 25.5 Å². The molecule has 0 aromatic carbocycles. The van der Waals surface area contributed by atoms with Crippen LogP contribution in [0.4, 0.5) is 0 Å². The molecule has 4 heavy (non-hydrogen) atoms. The van der Waals surface area contributed by atoms with Gasteiger partial charge in [-0.3, -0.25) is 4.79 Å². The first kappa shape index (κ1) is 3.47. The SMILES string of the molecule is [CH2]C(=O)O.[H+]. The van der Waals surface area contributed by atoms with Gasteiger partial charge in [-0.2, -0.15) is 0 Å². The van der Waals surface area contributed by atoms with E-state index in [0.717, 1.165) is 0 Å². The standard InChI is InChI=1S/C2H3O2/c1-2(3)4/h1H2,(H,3,4)/p+1. The zero-order chi connectivity index (χ0) is 3.58. The molecular weight excluding hydrogens is 56.0 g/mol. The average molecular weight is 60.1 g/mol. The second-order valence-corrected chi connectivity index (χ2v) is 0.394. The zero-order valence-electron chi connectivity index (χ0n) is 3.06. The van der Waals surface area contributed by atoms with E-state index in [2.05, 4.69) is 6.92 Å². The number of carboxylic acid groups (broad SMARTS) is 1. The molecule has 0 aromatic heterocycles. The summed E-state index contributed by atoms with van der Waals surface area (Å²) in [5, 5.41) is 7.31. The van der Waals surface area contributed by atoms with Crippen molar-refractivity contribution >= 4 is 5.97 Å². The Balaban J connectivity index is 0. The molecule has 0 amide bonds. The Morgan fingerprint density at radius 1 is 2.25 bits per heavy atom. The molecule has 1 radical (unpaired) electrons. The predicted octanol–water partition coefficient (Wildman–Crippen LogP) is 0.0176. The van der Waals surface area contributed by atoms with Crippen LogP contribution < -0.4 is 0 Å². The lowest BCUT2D eigenvalue weighted by Crippen LogP contribution is -1.79. The maximum absolute atomic E-state index is 8.89. The van der Waals surface area contributed by atoms with Crippen molar-refractivity contribution < 1.29 is 11.3 Å². The fourth-order valence-electron chi connectivity index (χ4n) is 0. The average Bonchev–Trinajstić information content (AvgIpc) is 0.811. The quantitative estimate of drug-likeness (QED) is 0.428. The van der Waals surface area contributed by atoms with E-state index in [-0.39, 0.29) is 1.43 Å². The van der Waals surface area contributed by atoms with E-state index >= 15 is 0 Å². The Hall–Kier alpha value is -0.530. The van der Waals surface area contributed by atoms with Crippen LogP contribution in [0.1, 0.15) is 1.43 Å². The lowest BCUT2D eigenvalue weighted by atomic mass is 10.9. The van der Waals surface area contributed by atoms with Crippen molar-refractivity contribution in [3.63, 3.8) is 0 Å². The van der Waals surface area contributed by atoms with E-state index in [9.17, 15) is 0 Å². The highest BCUT2D eigenvalue weighted by atomic mass is 16.4. The Bertz CT molecular complexity index is 30.6. The van der Waals surface area contributed by atoms with Gasteiger partial charge in [0, 0.05) is 0 Å². The second kappa shape index (κ2) is 0.875. The molecule has 0 heterocycles. The van der Waals surface area contributed by atoms with Gasteiger partial charge >= 0.3 is 7.40 Å². The molecule has 2 heteroatoms. The van der Waals surface area contributed by atoms with Gasteiger partial charge in [0.15, 0.2) is 0 Å². The van der Waals surface area contributed by atoms with Crippen LogP contribution in [0.5, 0.6) is 0 Å². The zero-order valence-corrected chi connectivity index (χ0v) is 2.06. The summed E-state index contributed by atoms with van der Waals surface area (Å²) in [5.41, 5.74) is 0. The van der Waals surface area contributed by atoms with E-state index in [1.165, 1.54) is 0 Å². The Morgan fingerprint density at radius 2 is 2.25 bits per heavy atom. The second-order valence-electron chi connectivity index (χ2n) is 0.394. The van der Waals surface area contributed by atoms with Gasteiger partial charge in [0.25, 0.3) is 0 Å². The van der Waals surface area contributed by atoms with Crippen molar-refractivity contribution in [2.45, 2.75) is 0 Å². The molecule has 0 rings (SSSR count). The van der Waals surface area contributed by atoms with Crippen molar-refractivity contribution in [3.05, 3.63) is 6.92 Å². The van der Waals surface area contributed by atoms with Gasteiger partial charge in [0.1, 0.15) is 0 Å². The number of hydrogen-bond acceptors (Lipinski definition) is 1. The van der Waals surface area contributed by atoms with Crippen LogP contribution in [-0.2, 0) is 4.79 Å². The third-order valence-corrected chi connectivity index (χ3v) is 0. The summed E-state index contributed by atoms with van der Waals surface area (Å²) in [7, 11) is 0. The van der Waals surface area contributed by atoms with Gasteiger partial charge < -0.3 is 5.11 Å². The van der Waals surface area contributed by atoms with Gasteiger partial charge in [-0.25, -0.2) is 0 Å². The molecule has 2 nitrogen and oxygen atoms in total. The highest BCUT2D eigenvalue weighted by Gasteiger charge is 1.66. The van der Waals surface area contributed by atoms with Crippen molar-refractivity contribution in [3.8, 4) is 0 Å². The molecular formula is C2H4O2+. The monoisotopic (exact) mass is 60.0 g/mol. The van der Waals surface area contributed by atoms with E-state index in [1.807, 2.05) is 0 Å². The minimum absolute atomic E-state index is 0. The summed E-state index contributed by atoms with van der Waals surface area (Å²) >= 11 is 0. The minimum atomic E-state index is -1.08. The number of carbonyl (C=O) groups is 1. The molecule has 0 saturated heterocycles. The molecule has 0 spiro atoms. The molecule has 23 valence electrons. The highest BCUT2D eigenvalue weighted by Crippen LogP contribution is 1.40. The van der Waals surface area contributed by atoms with Crippen LogP contribution in [-0.4, -0.2) is 11.1 Å². The van der Waals surface area contributed by atoms with Gasteiger partial charge in [-0.15, -0.1) is 0 Å². The molecule has 0 fully saturated rings. The van der Waals surface area contributed by atoms with Crippen LogP contribution in [0.25, 0.3) is 0 Å². The van der Waals surface area contributed by atoms with Crippen molar-refractivity contribution in [1.29, 1.82) is 0 Å². The van der Waals surface area contributed by atoms with Gasteiger partial charge in [0.05, 0.1) is 6.92 Å². The van der Waals surface area contributed by atoms with Crippen LogP contribution in [0.3, 0.4) is 0 Å². The maximum Gasteiger partial charge on any atom is 1.00 e. The van der Waals surface area contributed by atoms with E-state index in [0.29, 0.717) is 0 Å². The van der Waals surface area contributed by atoms with Crippen LogP contribution >= 0.6 is 0 Å². The van der Waals surface area contributed by atoms with Crippen LogP contribution in [0, 0.1) is 6.92 Å². The van der Waals surface area contributed by atoms with Crippen LogP contribution in [0.2, 0.25) is 0 Å².